The molecular weight excluding hydrogens is 1300 g/mol. The summed E-state index contributed by atoms with van der Waals surface area (Å²) in [6.45, 7) is 27.6. The van der Waals surface area contributed by atoms with Crippen LogP contribution in [0, 0.1) is 75.8 Å². The Bertz CT molecular complexity index is 5180. The van der Waals surface area contributed by atoms with Gasteiger partial charge in [-0.1, -0.05) is 158 Å². The van der Waals surface area contributed by atoms with Crippen molar-refractivity contribution >= 4 is 113 Å². The lowest BCUT2D eigenvalue weighted by molar-refractivity contribution is 0.459. The van der Waals surface area contributed by atoms with Crippen LogP contribution < -0.4 is 30.3 Å². The van der Waals surface area contributed by atoms with Gasteiger partial charge >= 0.3 is 63.5 Å². The van der Waals surface area contributed by atoms with E-state index >= 15 is 0 Å². The first kappa shape index (κ1) is 71.2. The maximum absolute atomic E-state index is 7.26. The Morgan fingerprint density at radius 2 is 0.650 bits per heavy atom. The van der Waals surface area contributed by atoms with Gasteiger partial charge in [0, 0.05) is 44.3 Å². The first-order chi connectivity index (χ1) is 48.6. The van der Waals surface area contributed by atoms with Crippen molar-refractivity contribution in [3.05, 3.63) is 316 Å². The molecule has 100 heavy (non-hydrogen) atoms. The van der Waals surface area contributed by atoms with E-state index in [4.69, 9.17) is 36.9 Å². The molecule has 4 aromatic heterocycles. The quantitative estimate of drug-likeness (QED) is 0.0599. The molecule has 0 aliphatic rings. The van der Waals surface area contributed by atoms with E-state index in [2.05, 4.69) is 144 Å². The lowest BCUT2D eigenvalue weighted by Gasteiger charge is -2.12. The molecule has 17 heteroatoms. The zero-order valence-electron chi connectivity index (χ0n) is 57.5. The van der Waals surface area contributed by atoms with Gasteiger partial charge in [-0.2, -0.15) is 0 Å². The number of hydrogen-bond donors (Lipinski definition) is 0. The summed E-state index contributed by atoms with van der Waals surface area (Å²) in [6, 6.07) is 82.4. The third-order valence-electron chi connectivity index (χ3n) is 16.1. The van der Waals surface area contributed by atoms with Gasteiger partial charge < -0.3 is 30.3 Å². The average molecular weight is 1370 g/mol. The number of benzene rings is 10. The Kier molecular flexibility index (Phi) is 24.6. The molecular formula is C83H71Al4N5O8. The summed E-state index contributed by atoms with van der Waals surface area (Å²) in [6.07, 6.45) is 0. The molecule has 0 fully saturated rings. The number of aryl methyl sites for hydroxylation is 10. The van der Waals surface area contributed by atoms with E-state index < -0.39 is 63.5 Å². The fourth-order valence-electron chi connectivity index (χ4n) is 11.4. The van der Waals surface area contributed by atoms with Gasteiger partial charge in [0.1, 0.15) is 39.5 Å². The number of rotatable bonds is 18. The molecule has 0 saturated heterocycles. The first-order valence-electron chi connectivity index (χ1n) is 32.6. The van der Waals surface area contributed by atoms with Crippen molar-refractivity contribution < 1.29 is 30.3 Å². The molecule has 0 atom stereocenters. The molecule has 0 aliphatic carbocycles. The van der Waals surface area contributed by atoms with E-state index in [1.807, 2.05) is 186 Å². The Labute approximate surface area is 612 Å². The van der Waals surface area contributed by atoms with Gasteiger partial charge in [-0.15, -0.1) is 0 Å². The summed E-state index contributed by atoms with van der Waals surface area (Å²) in [4.78, 5) is 22.0. The summed E-state index contributed by atoms with van der Waals surface area (Å²) in [5, 5.41) is 4.16. The Morgan fingerprint density at radius 3 is 1.16 bits per heavy atom. The minimum Gasteiger partial charge on any atom is -0.616 e. The number of hydrogen-bond acceptors (Lipinski definition) is 12. The lowest BCUT2D eigenvalue weighted by Crippen LogP contribution is -2.12. The molecule has 0 amide bonds. The Morgan fingerprint density at radius 1 is 0.260 bits per heavy atom. The molecule has 13 nitrogen and oxygen atoms in total. The predicted octanol–water partition coefficient (Wildman–Crippen LogP) is 19.9. The zero-order chi connectivity index (χ0) is 69.9. The van der Waals surface area contributed by atoms with Gasteiger partial charge in [0.2, 0.25) is 0 Å². The minimum absolute atomic E-state index is 0.578. The summed E-state index contributed by atoms with van der Waals surface area (Å²) >= 11 is -2.71. The largest absolute Gasteiger partial charge is 0.881 e. The zero-order valence-corrected chi connectivity index (χ0v) is 62.1. The molecule has 4 heterocycles. The van der Waals surface area contributed by atoms with Gasteiger partial charge in [0.15, 0.2) is 5.69 Å². The fraction of sp³-hybridized carbons (Fsp3) is 0.120. The van der Waals surface area contributed by atoms with E-state index in [1.165, 1.54) is 44.5 Å². The van der Waals surface area contributed by atoms with Crippen LogP contribution in [0.4, 0.5) is 5.69 Å². The smallest absolute Gasteiger partial charge is 0.616 e. The van der Waals surface area contributed by atoms with Crippen LogP contribution in [0.3, 0.4) is 0 Å². The van der Waals surface area contributed by atoms with Gasteiger partial charge in [0.25, 0.3) is 0 Å². The molecule has 0 unspecified atom stereocenters. The number of para-hydroxylation sites is 4. The highest BCUT2D eigenvalue weighted by Crippen LogP contribution is 2.34. The molecule has 488 valence electrons. The number of nitrogens with zero attached hydrogens (tertiary/aromatic N) is 5. The monoisotopic (exact) mass is 1370 g/mol. The summed E-state index contributed by atoms with van der Waals surface area (Å²) in [7, 11) is 0. The maximum atomic E-state index is 7.26. The minimum atomic E-state index is -0.710. The lowest BCUT2D eigenvalue weighted by atomic mass is 10.1. The average Bonchev–Trinajstić information content (AvgIpc) is 0.816. The molecule has 10 aromatic carbocycles. The van der Waals surface area contributed by atoms with Crippen molar-refractivity contribution in [3.63, 3.8) is 0 Å². The predicted molar refractivity (Wildman–Crippen MR) is 405 cm³/mol. The summed E-state index contributed by atoms with van der Waals surface area (Å²) in [5.74, 6) is 6.29. The highest BCUT2D eigenvalue weighted by Gasteiger charge is 2.17. The Hall–Kier alpha value is -10.1. The standard InChI is InChI=1S/2C12H10O.C11H8N2O.3C11H11NO.C8H10O.C7H8O.4Al/c13-12-8-4-7-11(9-12)10-5-2-1-3-6-10;13-12-8-6-11(7-9-12)10-4-2-1-3-5-10;1-7-3-4-8-9(12-2)5-6-10(14)11(8)13-7;3*1-7-6-8(2)12-11-9(7)4-3-5-10(11)13;1-6-3-7(2)5-8(9)4-6;1-6-4-2-3-5-7(6)8;;;;/h2*1-9,13H;3-6,14H,1H3;3*3-6,13H,1-2H3;3-5,9H,1-2H3;2-5,8H,1H3;;;;/q;;;;;;;;4*+2/p-8. The van der Waals surface area contributed by atoms with Crippen molar-refractivity contribution in [1.82, 2.24) is 19.9 Å². The van der Waals surface area contributed by atoms with Crippen LogP contribution in [-0.4, -0.2) is 83.5 Å². The molecule has 0 spiro atoms. The number of aromatic nitrogens is 4. The molecule has 14 aromatic rings. The van der Waals surface area contributed by atoms with Crippen molar-refractivity contribution in [1.29, 1.82) is 0 Å². The van der Waals surface area contributed by atoms with Crippen LogP contribution in [0.25, 0.3) is 70.7 Å². The second kappa shape index (κ2) is 34.6. The van der Waals surface area contributed by atoms with Gasteiger partial charge in [-0.05, 0) is 216 Å². The third kappa shape index (κ3) is 19.0. The van der Waals surface area contributed by atoms with Crippen LogP contribution in [0.2, 0.25) is 0 Å². The SMILES string of the molecule is Cc1cc(C)c2cccc([O][Al][O]c3ccc(-c4ccccc4)cc3)c2n1.Cc1cc(C)c2cccc([O][Al][O]c3cccc(-c4ccccc4)c3)c2n1.Cc1cc(C)cc([O][Al][O]c2cccc3c(C)cc(C)nc23)c1.[C-]#[N+]c1ccc([O][Al][O]c2ccccc2C)c2nc(C)ccc12. The molecule has 0 bridgehead atoms. The van der Waals surface area contributed by atoms with E-state index in [9.17, 15) is 0 Å². The molecule has 0 saturated carbocycles. The maximum Gasteiger partial charge on any atom is 0.881 e. The van der Waals surface area contributed by atoms with Crippen LogP contribution in [0.5, 0.6) is 46.0 Å². The molecule has 4 radical (unpaired) electrons. The first-order valence-corrected chi connectivity index (χ1v) is 36.3. The fourth-order valence-corrected chi connectivity index (χ4v) is 13.9. The highest BCUT2D eigenvalue weighted by molar-refractivity contribution is 6.23. The van der Waals surface area contributed by atoms with Gasteiger partial charge in [0.05, 0.1) is 35.1 Å². The van der Waals surface area contributed by atoms with Gasteiger partial charge in [-0.3, -0.25) is 4.98 Å². The second-order valence-corrected chi connectivity index (χ2v) is 26.6. The normalized spacial score (nSPS) is 10.5. The van der Waals surface area contributed by atoms with E-state index in [-0.39, 0.29) is 0 Å². The van der Waals surface area contributed by atoms with Crippen molar-refractivity contribution in [3.8, 4) is 68.2 Å². The number of fused-ring (bicyclic) bond motifs is 4. The van der Waals surface area contributed by atoms with Crippen LogP contribution >= 0.6 is 0 Å². The van der Waals surface area contributed by atoms with Crippen LogP contribution in [-0.2, 0) is 0 Å². The molecule has 0 aliphatic heterocycles. The third-order valence-corrected chi connectivity index (χ3v) is 18.9. The molecule has 14 rings (SSSR count). The number of pyridine rings is 4. The summed E-state index contributed by atoms with van der Waals surface area (Å²) < 4.78 is 47.0. The van der Waals surface area contributed by atoms with Crippen molar-refractivity contribution in [2.75, 3.05) is 0 Å². The summed E-state index contributed by atoms with van der Waals surface area (Å²) in [5.41, 5.74) is 19.6. The van der Waals surface area contributed by atoms with Crippen LogP contribution in [0.15, 0.2) is 249 Å². The second-order valence-electron chi connectivity index (χ2n) is 23.9. The van der Waals surface area contributed by atoms with E-state index in [1.54, 1.807) is 12.1 Å². The highest BCUT2D eigenvalue weighted by atomic mass is 27.2. The molecule has 0 N–H and O–H groups in total. The van der Waals surface area contributed by atoms with E-state index in [0.717, 1.165) is 112 Å². The van der Waals surface area contributed by atoms with Crippen LogP contribution in [0.1, 0.15) is 56.2 Å². The topological polar surface area (TPSA) is 130 Å². The van der Waals surface area contributed by atoms with Crippen molar-refractivity contribution in [2.45, 2.75) is 69.2 Å². The van der Waals surface area contributed by atoms with Gasteiger partial charge in [-0.25, -0.2) is 19.8 Å². The Balaban J connectivity index is 0.000000135. The van der Waals surface area contributed by atoms with E-state index in [0.29, 0.717) is 17.0 Å². The van der Waals surface area contributed by atoms with Crippen molar-refractivity contribution in [2.24, 2.45) is 0 Å².